The van der Waals surface area contributed by atoms with Crippen molar-refractivity contribution in [3.05, 3.63) is 71.8 Å². The number of carboxylic acid groups (broad SMARTS) is 2. The zero-order valence-corrected chi connectivity index (χ0v) is 45.5. The molecule has 0 saturated carbocycles. The molecule has 0 saturated heterocycles. The number of carbonyl (C=O) groups is 4. The maximum absolute atomic E-state index is 11.3. The third-order valence-electron chi connectivity index (χ3n) is 11.5. The van der Waals surface area contributed by atoms with Gasteiger partial charge in [0, 0.05) is 25.8 Å². The van der Waals surface area contributed by atoms with E-state index >= 15 is 0 Å². The molecule has 0 aromatic heterocycles. The Hall–Kier alpha value is -2.19. The van der Waals surface area contributed by atoms with Crippen LogP contribution in [0.5, 0.6) is 0 Å². The van der Waals surface area contributed by atoms with Crippen molar-refractivity contribution in [1.82, 2.24) is 0 Å². The number of rotatable bonds is 40. The van der Waals surface area contributed by atoms with Crippen LogP contribution in [-0.2, 0) is 51.3 Å². The zero-order valence-electron chi connectivity index (χ0n) is 41.1. The number of ether oxygens (including phenoxy) is 4. The van der Waals surface area contributed by atoms with E-state index in [1.807, 2.05) is 36.4 Å². The maximum Gasteiger partial charge on any atom is 2.00 e. The van der Waals surface area contributed by atoms with Crippen molar-refractivity contribution >= 4 is 72.8 Å². The molecule has 2 aromatic rings. The largest absolute Gasteiger partial charge is 2.00 e. The number of esters is 2. The summed E-state index contributed by atoms with van der Waals surface area (Å²) in [6.07, 6.45) is 27.4. The predicted octanol–water partition coefficient (Wildman–Crippen LogP) is 11.1. The Morgan fingerprint density at radius 3 is 0.985 bits per heavy atom. The average molecular weight is 1030 g/mol. The van der Waals surface area contributed by atoms with Gasteiger partial charge in [-0.2, -0.15) is 0 Å². The number of carbonyl (C=O) groups excluding carboxylic acids is 4. The Kier molecular flexibility index (Phi) is 42.8. The van der Waals surface area contributed by atoms with Gasteiger partial charge in [-0.3, -0.25) is 9.59 Å². The molecule has 0 fully saturated rings. The van der Waals surface area contributed by atoms with Crippen LogP contribution in [-0.4, -0.2) is 97.2 Å². The van der Waals surface area contributed by atoms with Crippen molar-refractivity contribution in [3.8, 4) is 0 Å². The number of carboxylic acids is 2. The molecule has 4 unspecified atom stereocenters. The first-order valence-electron chi connectivity index (χ1n) is 25.1. The topological polar surface area (TPSA) is 151 Å². The fraction of sp³-hybridized carbons (Fsp3) is 0.704. The molecule has 65 heavy (non-hydrogen) atoms. The van der Waals surface area contributed by atoms with Crippen LogP contribution in [0.1, 0.15) is 219 Å². The number of hydrogen-bond acceptors (Lipinski definition) is 10. The number of aliphatic carboxylic acids is 2. The molecular weight excluding hydrogens is 946 g/mol. The quantitative estimate of drug-likeness (QED) is 0.0358. The molecule has 0 aliphatic carbocycles. The summed E-state index contributed by atoms with van der Waals surface area (Å²) in [6.45, 7) is 8.47. The summed E-state index contributed by atoms with van der Waals surface area (Å²) in [5.41, 5.74) is 2.38. The molecule has 2 rings (SSSR count). The zero-order chi connectivity index (χ0) is 46.9. The van der Waals surface area contributed by atoms with Gasteiger partial charge in [0.2, 0.25) is 0 Å². The molecule has 10 nitrogen and oxygen atoms in total. The molecular formula is C54H86BaO10. The van der Waals surface area contributed by atoms with E-state index in [1.54, 1.807) is 0 Å². The van der Waals surface area contributed by atoms with Crippen molar-refractivity contribution in [2.45, 2.75) is 245 Å². The molecule has 4 atom stereocenters. The smallest absolute Gasteiger partial charge is 0.550 e. The maximum atomic E-state index is 11.3. The standard InChI is InChI=1S/2C27H44O5.Ba/c2*1-3-4-5-6-7-8-12-17-25(31-22-24-15-10-9-11-16-24)18-13-14-19-26(32-23(2)28)20-21-27(29)30;/h2*9-11,15-16,25-26H,3-8,12-14,17-22H2,1-2H3,(H,29,30);/q;;+2/p-2. The second-order valence-corrected chi connectivity index (χ2v) is 17.5. The third kappa shape index (κ3) is 40.6. The molecule has 2 aromatic carbocycles. The van der Waals surface area contributed by atoms with Gasteiger partial charge in [0.05, 0.1) is 25.4 Å². The molecule has 0 spiro atoms. The first-order chi connectivity index (χ1) is 31.0. The molecule has 0 aliphatic heterocycles. The van der Waals surface area contributed by atoms with Gasteiger partial charge in [-0.05, 0) is 88.2 Å². The summed E-state index contributed by atoms with van der Waals surface area (Å²) >= 11 is 0. The van der Waals surface area contributed by atoms with Gasteiger partial charge in [0.15, 0.2) is 0 Å². The van der Waals surface area contributed by atoms with Gasteiger partial charge < -0.3 is 38.7 Å². The Labute approximate surface area is 434 Å². The SMILES string of the molecule is CCCCCCCCCC(CCCCC(CCC(=O)[O-])OC(C)=O)OCc1ccccc1.CCCCCCCCCC(CCCCC(CCC(=O)[O-])OC(C)=O)OCc1ccccc1.[Ba+2]. The van der Waals surface area contributed by atoms with Crippen molar-refractivity contribution in [2.24, 2.45) is 0 Å². The van der Waals surface area contributed by atoms with Gasteiger partial charge in [-0.15, -0.1) is 0 Å². The summed E-state index contributed by atoms with van der Waals surface area (Å²) in [4.78, 5) is 44.0. The monoisotopic (exact) mass is 1030 g/mol. The molecule has 364 valence electrons. The summed E-state index contributed by atoms with van der Waals surface area (Å²) in [5.74, 6) is -2.94. The molecule has 0 amide bonds. The summed E-state index contributed by atoms with van der Waals surface area (Å²) in [7, 11) is 0. The normalized spacial score (nSPS) is 12.7. The van der Waals surface area contributed by atoms with Crippen LogP contribution in [0.2, 0.25) is 0 Å². The third-order valence-corrected chi connectivity index (χ3v) is 11.5. The Bertz CT molecular complexity index is 1320. The van der Waals surface area contributed by atoms with E-state index in [1.165, 1.54) is 115 Å². The minimum absolute atomic E-state index is 0. The number of benzene rings is 2. The molecule has 0 aliphatic rings. The second kappa shape index (κ2) is 44.3. The summed E-state index contributed by atoms with van der Waals surface area (Å²) in [6, 6.07) is 20.5. The Morgan fingerprint density at radius 1 is 0.415 bits per heavy atom. The van der Waals surface area contributed by atoms with Crippen LogP contribution < -0.4 is 10.2 Å². The molecule has 0 heterocycles. The van der Waals surface area contributed by atoms with Gasteiger partial charge in [0.1, 0.15) is 12.2 Å². The van der Waals surface area contributed by atoms with Crippen LogP contribution in [0.3, 0.4) is 0 Å². The fourth-order valence-corrected chi connectivity index (χ4v) is 7.90. The molecule has 0 radical (unpaired) electrons. The molecule has 11 heteroatoms. The van der Waals surface area contributed by atoms with E-state index in [0.29, 0.717) is 38.9 Å². The van der Waals surface area contributed by atoms with Crippen LogP contribution in [0.4, 0.5) is 0 Å². The van der Waals surface area contributed by atoms with Crippen molar-refractivity contribution < 1.29 is 48.3 Å². The first kappa shape index (κ1) is 62.8. The van der Waals surface area contributed by atoms with Crippen molar-refractivity contribution in [2.75, 3.05) is 0 Å². The van der Waals surface area contributed by atoms with E-state index < -0.39 is 11.9 Å². The second-order valence-electron chi connectivity index (χ2n) is 17.5. The van der Waals surface area contributed by atoms with Gasteiger partial charge in [-0.25, -0.2) is 0 Å². The van der Waals surface area contributed by atoms with Gasteiger partial charge in [0.25, 0.3) is 0 Å². The Morgan fingerprint density at radius 2 is 0.692 bits per heavy atom. The van der Waals surface area contributed by atoms with E-state index in [9.17, 15) is 29.4 Å². The predicted molar refractivity (Wildman–Crippen MR) is 258 cm³/mol. The van der Waals surface area contributed by atoms with E-state index in [2.05, 4.69) is 38.1 Å². The minimum Gasteiger partial charge on any atom is -0.550 e. The van der Waals surface area contributed by atoms with Crippen LogP contribution >= 0.6 is 0 Å². The van der Waals surface area contributed by atoms with E-state index in [4.69, 9.17) is 18.9 Å². The summed E-state index contributed by atoms with van der Waals surface area (Å²) < 4.78 is 23.0. The number of hydrogen-bond donors (Lipinski definition) is 0. The van der Waals surface area contributed by atoms with E-state index in [-0.39, 0.29) is 98.1 Å². The van der Waals surface area contributed by atoms with Crippen molar-refractivity contribution in [1.29, 1.82) is 0 Å². The minimum atomic E-state index is -1.11. The number of unbranched alkanes of at least 4 members (excludes halogenated alkanes) is 14. The molecule has 0 bridgehead atoms. The van der Waals surface area contributed by atoms with Crippen LogP contribution in [0.25, 0.3) is 0 Å². The van der Waals surface area contributed by atoms with Gasteiger partial charge in [-0.1, -0.05) is 177 Å². The van der Waals surface area contributed by atoms with Crippen LogP contribution in [0, 0.1) is 0 Å². The first-order valence-corrected chi connectivity index (χ1v) is 25.1. The summed E-state index contributed by atoms with van der Waals surface area (Å²) in [5, 5.41) is 21.5. The van der Waals surface area contributed by atoms with Gasteiger partial charge >= 0.3 is 60.8 Å². The Balaban J connectivity index is 0.00000124. The van der Waals surface area contributed by atoms with E-state index in [0.717, 1.165) is 51.4 Å². The molecule has 0 N–H and O–H groups in total. The fourth-order valence-electron chi connectivity index (χ4n) is 7.90. The average Bonchev–Trinajstić information content (AvgIpc) is 3.27. The van der Waals surface area contributed by atoms with Crippen LogP contribution in [0.15, 0.2) is 60.7 Å². The van der Waals surface area contributed by atoms with Crippen molar-refractivity contribution in [3.63, 3.8) is 0 Å².